The molecule has 0 spiro atoms. The third kappa shape index (κ3) is 6.42. The molecule has 5 heterocycles. The number of benzene rings is 2. The minimum atomic E-state index is -1.44. The van der Waals surface area contributed by atoms with E-state index in [4.69, 9.17) is 19.2 Å². The van der Waals surface area contributed by atoms with Crippen molar-refractivity contribution in [3.8, 4) is 28.1 Å². The molecule has 45 heavy (non-hydrogen) atoms. The van der Waals surface area contributed by atoms with Crippen LogP contribution in [0.3, 0.4) is 0 Å². The summed E-state index contributed by atoms with van der Waals surface area (Å²) in [5.74, 6) is -0.514. The number of esters is 1. The third-order valence-electron chi connectivity index (χ3n) is 9.07. The van der Waals surface area contributed by atoms with E-state index >= 15 is 0 Å². The van der Waals surface area contributed by atoms with E-state index in [0.29, 0.717) is 36.7 Å². The highest BCUT2D eigenvalue weighted by Gasteiger charge is 2.35. The Bertz CT molecular complexity index is 1690. The largest absolute Gasteiger partial charge is 0.490 e. The van der Waals surface area contributed by atoms with Gasteiger partial charge in [0.05, 0.1) is 29.7 Å². The number of hydrogen-bond donors (Lipinski definition) is 1. The lowest BCUT2D eigenvalue weighted by atomic mass is 9.91. The van der Waals surface area contributed by atoms with Crippen LogP contribution in [0.4, 0.5) is 10.1 Å². The van der Waals surface area contributed by atoms with E-state index in [2.05, 4.69) is 11.8 Å². The van der Waals surface area contributed by atoms with Gasteiger partial charge >= 0.3 is 5.97 Å². The average molecular weight is 616 g/mol. The molecule has 6 bridgehead atoms. The minimum absolute atomic E-state index is 0.0857. The summed E-state index contributed by atoms with van der Waals surface area (Å²) in [6.07, 6.45) is 6.58. The van der Waals surface area contributed by atoms with E-state index in [1.807, 2.05) is 54.9 Å². The molecule has 3 aliphatic heterocycles. The van der Waals surface area contributed by atoms with Crippen molar-refractivity contribution in [3.63, 3.8) is 0 Å². The van der Waals surface area contributed by atoms with E-state index in [1.54, 1.807) is 13.0 Å². The Hall–Kier alpha value is -3.95. The number of aromatic nitrogens is 2. The van der Waals surface area contributed by atoms with Gasteiger partial charge in [0.1, 0.15) is 11.6 Å². The van der Waals surface area contributed by atoms with Crippen LogP contribution in [0.1, 0.15) is 70.1 Å². The number of aliphatic hydroxyl groups is 1. The Morgan fingerprint density at radius 2 is 1.93 bits per heavy atom. The fourth-order valence-corrected chi connectivity index (χ4v) is 6.54. The zero-order valence-corrected chi connectivity index (χ0v) is 26.5. The first-order valence-electron chi connectivity index (χ1n) is 16.0. The quantitative estimate of drug-likeness (QED) is 0.248. The molecule has 0 radical (unpaired) electrons. The van der Waals surface area contributed by atoms with Crippen LogP contribution in [0.2, 0.25) is 0 Å². The first-order chi connectivity index (χ1) is 21.7. The lowest BCUT2D eigenvalue weighted by molar-refractivity contribution is -0.153. The van der Waals surface area contributed by atoms with Gasteiger partial charge in [-0.05, 0) is 89.1 Å². The van der Waals surface area contributed by atoms with Gasteiger partial charge in [-0.3, -0.25) is 0 Å². The first-order valence-corrected chi connectivity index (χ1v) is 16.0. The molecule has 0 saturated carbocycles. The molecule has 0 unspecified atom stereocenters. The Labute approximate surface area is 263 Å². The number of hydrogen-bond acceptors (Lipinski definition) is 7. The number of anilines is 1. The number of rotatable bonds is 3. The van der Waals surface area contributed by atoms with Gasteiger partial charge in [-0.25, -0.2) is 14.2 Å². The number of aliphatic hydroxyl groups excluding tert-OH is 1. The van der Waals surface area contributed by atoms with Crippen molar-refractivity contribution in [2.24, 2.45) is 0 Å². The van der Waals surface area contributed by atoms with Crippen LogP contribution in [-0.4, -0.2) is 58.5 Å². The zero-order chi connectivity index (χ0) is 31.7. The van der Waals surface area contributed by atoms with Gasteiger partial charge in [0, 0.05) is 54.8 Å². The van der Waals surface area contributed by atoms with Crippen LogP contribution >= 0.6 is 0 Å². The highest BCUT2D eigenvalue weighted by atomic mass is 19.1. The van der Waals surface area contributed by atoms with Crippen molar-refractivity contribution >= 4 is 17.3 Å². The van der Waals surface area contributed by atoms with Gasteiger partial charge in [0.15, 0.2) is 11.8 Å². The molecule has 4 aromatic rings. The van der Waals surface area contributed by atoms with Crippen molar-refractivity contribution in [2.45, 2.75) is 77.6 Å². The van der Waals surface area contributed by atoms with Crippen LogP contribution in [0.25, 0.3) is 28.0 Å². The number of halogens is 1. The number of fused-ring (bicyclic) bond motifs is 8. The molecule has 238 valence electrons. The number of imidazole rings is 1. The highest BCUT2D eigenvalue weighted by molar-refractivity contribution is 5.86. The van der Waals surface area contributed by atoms with Crippen LogP contribution in [-0.2, 0) is 14.3 Å². The second kappa shape index (κ2) is 12.8. The van der Waals surface area contributed by atoms with Crippen molar-refractivity contribution in [2.75, 3.05) is 31.2 Å². The number of carbonyl (C=O) groups excluding carboxylic acids is 1. The van der Waals surface area contributed by atoms with Crippen molar-refractivity contribution in [1.82, 2.24) is 9.38 Å². The maximum absolute atomic E-state index is 14.4. The topological polar surface area (TPSA) is 85.5 Å². The summed E-state index contributed by atoms with van der Waals surface area (Å²) in [7, 11) is 0. The maximum Gasteiger partial charge on any atom is 0.339 e. The monoisotopic (exact) mass is 615 g/mol. The molecule has 2 aromatic carbocycles. The Kier molecular flexibility index (Phi) is 8.84. The number of piperidine rings is 1. The fourth-order valence-electron chi connectivity index (χ4n) is 6.54. The molecule has 2 atom stereocenters. The number of ether oxygens (including phenoxy) is 3. The van der Waals surface area contributed by atoms with Gasteiger partial charge in [0.25, 0.3) is 0 Å². The summed E-state index contributed by atoms with van der Waals surface area (Å²) in [6.45, 7) is 10.0. The zero-order valence-electron chi connectivity index (χ0n) is 26.5. The minimum Gasteiger partial charge on any atom is -0.490 e. The summed E-state index contributed by atoms with van der Waals surface area (Å²) in [5.41, 5.74) is 5.69. The second-order valence-corrected chi connectivity index (χ2v) is 12.5. The fraction of sp³-hybridized carbons (Fsp3) is 0.444. The molecule has 0 aliphatic carbocycles. The smallest absolute Gasteiger partial charge is 0.339 e. The van der Waals surface area contributed by atoms with E-state index in [9.17, 15) is 14.3 Å². The molecule has 7 rings (SSSR count). The molecule has 1 fully saturated rings. The van der Waals surface area contributed by atoms with Gasteiger partial charge < -0.3 is 28.6 Å². The predicted molar refractivity (Wildman–Crippen MR) is 172 cm³/mol. The maximum atomic E-state index is 14.4. The lowest BCUT2D eigenvalue weighted by Gasteiger charge is -2.41. The van der Waals surface area contributed by atoms with Gasteiger partial charge in [0.2, 0.25) is 0 Å². The molecule has 2 aromatic heterocycles. The first kappa shape index (κ1) is 31.0. The van der Waals surface area contributed by atoms with Gasteiger partial charge in [-0.2, -0.15) is 0 Å². The van der Waals surface area contributed by atoms with Crippen molar-refractivity contribution in [1.29, 1.82) is 0 Å². The van der Waals surface area contributed by atoms with Crippen LogP contribution < -0.4 is 9.64 Å². The normalized spacial score (nSPS) is 21.3. The SMILES string of the molecule is CCOC(=O)[C@H](O)c1c(C)cn2cc3nc2c1N1CCC(C)(CC1)OCCCC[C@H](C)Oc1cc(F)ccc1-c1cccc-3c1. The van der Waals surface area contributed by atoms with Crippen LogP contribution in [0.5, 0.6) is 5.75 Å². The van der Waals surface area contributed by atoms with Crippen molar-refractivity contribution in [3.05, 3.63) is 71.8 Å². The summed E-state index contributed by atoms with van der Waals surface area (Å²) < 4.78 is 34.4. The number of carbonyl (C=O) groups is 1. The number of nitrogens with zero attached hydrogens (tertiary/aromatic N) is 3. The molecule has 3 aliphatic rings. The second-order valence-electron chi connectivity index (χ2n) is 12.5. The van der Waals surface area contributed by atoms with E-state index in [-0.39, 0.29) is 24.1 Å². The highest BCUT2D eigenvalue weighted by Crippen LogP contribution is 2.40. The summed E-state index contributed by atoms with van der Waals surface area (Å²) in [6, 6.07) is 12.7. The Balaban J connectivity index is 1.50. The molecule has 0 amide bonds. The summed E-state index contributed by atoms with van der Waals surface area (Å²) in [4.78, 5) is 20.2. The Morgan fingerprint density at radius 3 is 2.71 bits per heavy atom. The molecule has 9 heteroatoms. The average Bonchev–Trinajstić information content (AvgIpc) is 3.44. The molecule has 1 N–H and O–H groups in total. The van der Waals surface area contributed by atoms with Gasteiger partial charge in [-0.15, -0.1) is 0 Å². The number of aryl methyl sites for hydroxylation is 1. The Morgan fingerprint density at radius 1 is 1.16 bits per heavy atom. The molecule has 1 saturated heterocycles. The van der Waals surface area contributed by atoms with Crippen LogP contribution in [0, 0.1) is 12.7 Å². The third-order valence-corrected chi connectivity index (χ3v) is 9.07. The van der Waals surface area contributed by atoms with Gasteiger partial charge in [-0.1, -0.05) is 18.2 Å². The van der Waals surface area contributed by atoms with E-state index in [1.165, 1.54) is 12.1 Å². The van der Waals surface area contributed by atoms with E-state index < -0.39 is 12.1 Å². The predicted octanol–water partition coefficient (Wildman–Crippen LogP) is 7.04. The van der Waals surface area contributed by atoms with Crippen LogP contribution in [0.15, 0.2) is 54.9 Å². The number of pyridine rings is 1. The standard InChI is InChI=1S/C36H42FN3O5/c1-5-43-35(42)33(41)31-23(2)21-40-22-29-26-11-8-10-25(19-26)28-13-12-27(37)20-30(28)45-24(3)9-6-7-18-44-36(4)14-16-39(17-15-36)32(31)34(40)38-29/h8,10-13,19-22,24,33,41H,5-7,9,14-18H2,1-4H3/t24-,33+/m0/s1. The van der Waals surface area contributed by atoms with E-state index in [0.717, 1.165) is 65.7 Å². The van der Waals surface area contributed by atoms with Crippen molar-refractivity contribution < 1.29 is 28.5 Å². The summed E-state index contributed by atoms with van der Waals surface area (Å²) in [5, 5.41) is 11.3. The summed E-state index contributed by atoms with van der Waals surface area (Å²) >= 11 is 0. The molecule has 8 nitrogen and oxygen atoms in total. The molecular formula is C36H42FN3O5. The lowest BCUT2D eigenvalue weighted by Crippen LogP contribution is -2.45. The molecular weight excluding hydrogens is 573 g/mol.